The Hall–Kier alpha value is -1.92. The van der Waals surface area contributed by atoms with E-state index in [9.17, 15) is 13.2 Å². The van der Waals surface area contributed by atoms with Gasteiger partial charge in [0.2, 0.25) is 0 Å². The van der Waals surface area contributed by atoms with Crippen molar-refractivity contribution in [3.05, 3.63) is 23.8 Å². The van der Waals surface area contributed by atoms with Crippen molar-refractivity contribution >= 4 is 5.84 Å². The number of hydrogen-bond acceptors (Lipinski definition) is 3. The number of nitrogens with one attached hydrogen (secondary N) is 1. The summed E-state index contributed by atoms with van der Waals surface area (Å²) >= 11 is 0. The number of alkyl halides is 3. The lowest BCUT2D eigenvalue weighted by Crippen LogP contribution is -2.16. The summed E-state index contributed by atoms with van der Waals surface area (Å²) in [5.74, 6) is 0.243. The highest BCUT2D eigenvalue weighted by Gasteiger charge is 2.27. The molecule has 1 rings (SSSR count). The molecule has 0 aliphatic rings. The third kappa shape index (κ3) is 4.15. The molecule has 0 amide bonds. The summed E-state index contributed by atoms with van der Waals surface area (Å²) < 4.78 is 45.9. The predicted molar refractivity (Wildman–Crippen MR) is 60.2 cm³/mol. The average Bonchev–Trinajstić information content (AvgIpc) is 2.26. The van der Waals surface area contributed by atoms with Crippen molar-refractivity contribution in [2.75, 3.05) is 13.7 Å². The van der Waals surface area contributed by atoms with Gasteiger partial charge in [-0.15, -0.1) is 0 Å². The highest BCUT2D eigenvalue weighted by molar-refractivity contribution is 5.97. The van der Waals surface area contributed by atoms with E-state index in [-0.39, 0.29) is 17.1 Å². The summed E-state index contributed by atoms with van der Waals surface area (Å²) in [5.41, 5.74) is 5.54. The van der Waals surface area contributed by atoms with Crippen LogP contribution in [0.2, 0.25) is 0 Å². The Morgan fingerprint density at radius 3 is 2.56 bits per heavy atom. The molecule has 0 aromatic heterocycles. The van der Waals surface area contributed by atoms with Crippen LogP contribution in [0.1, 0.15) is 12.0 Å². The number of rotatable bonds is 5. The summed E-state index contributed by atoms with van der Waals surface area (Å²) in [6.07, 6.45) is -5.35. The van der Waals surface area contributed by atoms with Gasteiger partial charge in [-0.25, -0.2) is 0 Å². The molecule has 0 radical (unpaired) electrons. The minimum Gasteiger partial charge on any atom is -0.497 e. The summed E-state index contributed by atoms with van der Waals surface area (Å²) in [6.45, 7) is -0.531. The van der Waals surface area contributed by atoms with Gasteiger partial charge in [0.25, 0.3) is 0 Å². The van der Waals surface area contributed by atoms with E-state index in [0.717, 1.165) is 0 Å². The number of nitrogens with two attached hydrogens (primary N) is 1. The number of benzene rings is 1. The fraction of sp³-hybridized carbons (Fsp3) is 0.364. The van der Waals surface area contributed by atoms with Crippen molar-refractivity contribution in [2.45, 2.75) is 12.6 Å². The zero-order valence-corrected chi connectivity index (χ0v) is 9.67. The fourth-order valence-corrected chi connectivity index (χ4v) is 1.25. The lowest BCUT2D eigenvalue weighted by atomic mass is 10.2. The van der Waals surface area contributed by atoms with Gasteiger partial charge in [0.15, 0.2) is 0 Å². The number of ether oxygens (including phenoxy) is 2. The normalized spacial score (nSPS) is 11.1. The number of amidine groups is 1. The molecule has 3 N–H and O–H groups in total. The van der Waals surface area contributed by atoms with Gasteiger partial charge in [-0.05, 0) is 12.1 Å². The van der Waals surface area contributed by atoms with E-state index < -0.39 is 19.2 Å². The molecule has 18 heavy (non-hydrogen) atoms. The highest BCUT2D eigenvalue weighted by Crippen LogP contribution is 2.26. The second-order valence-electron chi connectivity index (χ2n) is 3.49. The molecule has 0 heterocycles. The third-order valence-electron chi connectivity index (χ3n) is 2.12. The minimum absolute atomic E-state index is 0.103. The van der Waals surface area contributed by atoms with E-state index in [1.807, 2.05) is 0 Å². The maximum atomic E-state index is 12.0. The molecule has 4 nitrogen and oxygen atoms in total. The monoisotopic (exact) mass is 262 g/mol. The zero-order valence-electron chi connectivity index (χ0n) is 9.67. The standard InChI is InChI=1S/C11H13F3N2O2/c1-17-7-2-3-8(10(15)16)9(6-7)18-5-4-11(12,13)14/h2-3,6H,4-5H2,1H3,(H3,15,16). The van der Waals surface area contributed by atoms with Gasteiger partial charge in [0.1, 0.15) is 17.3 Å². The Labute approximate surface area is 102 Å². The highest BCUT2D eigenvalue weighted by atomic mass is 19.4. The van der Waals surface area contributed by atoms with Crippen LogP contribution in [0, 0.1) is 5.41 Å². The first kappa shape index (κ1) is 14.1. The molecule has 0 aliphatic heterocycles. The molecule has 1 aromatic rings. The Morgan fingerprint density at radius 1 is 1.39 bits per heavy atom. The quantitative estimate of drug-likeness (QED) is 0.632. The van der Waals surface area contributed by atoms with Crippen LogP contribution in [0.5, 0.6) is 11.5 Å². The largest absolute Gasteiger partial charge is 0.497 e. The van der Waals surface area contributed by atoms with E-state index >= 15 is 0 Å². The molecule has 0 aliphatic carbocycles. The fourth-order valence-electron chi connectivity index (χ4n) is 1.25. The molecular formula is C11H13F3N2O2. The number of hydrogen-bond donors (Lipinski definition) is 2. The van der Waals surface area contributed by atoms with Gasteiger partial charge in [-0.3, -0.25) is 5.41 Å². The maximum absolute atomic E-state index is 12.0. The average molecular weight is 262 g/mol. The van der Waals surface area contributed by atoms with Crippen molar-refractivity contribution < 1.29 is 22.6 Å². The smallest absolute Gasteiger partial charge is 0.392 e. The Morgan fingerprint density at radius 2 is 2.06 bits per heavy atom. The SMILES string of the molecule is COc1ccc(C(=N)N)c(OCCC(F)(F)F)c1. The van der Waals surface area contributed by atoms with E-state index in [1.165, 1.54) is 19.2 Å². The summed E-state index contributed by atoms with van der Waals surface area (Å²) in [7, 11) is 1.42. The van der Waals surface area contributed by atoms with Crippen LogP contribution >= 0.6 is 0 Å². The Balaban J connectivity index is 2.81. The van der Waals surface area contributed by atoms with Crippen LogP contribution < -0.4 is 15.2 Å². The van der Waals surface area contributed by atoms with Gasteiger partial charge in [-0.2, -0.15) is 13.2 Å². The van der Waals surface area contributed by atoms with Crippen molar-refractivity contribution in [2.24, 2.45) is 5.73 Å². The molecule has 0 unspecified atom stereocenters. The summed E-state index contributed by atoms with van der Waals surface area (Å²) in [4.78, 5) is 0. The van der Waals surface area contributed by atoms with Gasteiger partial charge in [0, 0.05) is 6.07 Å². The molecule has 0 fully saturated rings. The Kier molecular flexibility index (Phi) is 4.41. The first-order valence-corrected chi connectivity index (χ1v) is 5.05. The van der Waals surface area contributed by atoms with E-state index in [1.54, 1.807) is 6.07 Å². The second-order valence-corrected chi connectivity index (χ2v) is 3.49. The third-order valence-corrected chi connectivity index (χ3v) is 2.12. The molecule has 1 aromatic carbocycles. The molecular weight excluding hydrogens is 249 g/mol. The molecule has 100 valence electrons. The van der Waals surface area contributed by atoms with Crippen LogP contribution in [0.15, 0.2) is 18.2 Å². The second kappa shape index (κ2) is 5.61. The molecule has 0 spiro atoms. The molecule has 0 saturated carbocycles. The number of nitrogen functional groups attached to an aromatic ring is 1. The molecule has 0 bridgehead atoms. The van der Waals surface area contributed by atoms with Crippen LogP contribution in [0.3, 0.4) is 0 Å². The zero-order chi connectivity index (χ0) is 13.8. The van der Waals surface area contributed by atoms with Gasteiger partial charge in [-0.1, -0.05) is 0 Å². The molecule has 7 heteroatoms. The minimum atomic E-state index is -4.28. The lowest BCUT2D eigenvalue weighted by molar-refractivity contribution is -0.139. The Bertz CT molecular complexity index is 433. The van der Waals surface area contributed by atoms with E-state index in [2.05, 4.69) is 0 Å². The first-order chi connectivity index (χ1) is 8.33. The topological polar surface area (TPSA) is 68.3 Å². The van der Waals surface area contributed by atoms with Crippen molar-refractivity contribution in [3.63, 3.8) is 0 Å². The van der Waals surface area contributed by atoms with Crippen LogP contribution in [0.25, 0.3) is 0 Å². The van der Waals surface area contributed by atoms with Crippen LogP contribution in [-0.2, 0) is 0 Å². The van der Waals surface area contributed by atoms with Crippen LogP contribution in [-0.4, -0.2) is 25.7 Å². The first-order valence-electron chi connectivity index (χ1n) is 5.05. The van der Waals surface area contributed by atoms with Gasteiger partial charge in [0.05, 0.1) is 25.7 Å². The summed E-state index contributed by atoms with van der Waals surface area (Å²) in [5, 5.41) is 7.30. The van der Waals surface area contributed by atoms with Crippen molar-refractivity contribution in [1.29, 1.82) is 5.41 Å². The lowest BCUT2D eigenvalue weighted by Gasteiger charge is -2.13. The van der Waals surface area contributed by atoms with Crippen LogP contribution in [0.4, 0.5) is 13.2 Å². The van der Waals surface area contributed by atoms with E-state index in [0.29, 0.717) is 5.75 Å². The van der Waals surface area contributed by atoms with Crippen molar-refractivity contribution in [1.82, 2.24) is 0 Å². The predicted octanol–water partition coefficient (Wildman–Crippen LogP) is 2.31. The summed E-state index contributed by atoms with van der Waals surface area (Å²) in [6, 6.07) is 4.41. The van der Waals surface area contributed by atoms with Crippen molar-refractivity contribution in [3.8, 4) is 11.5 Å². The number of halogens is 3. The van der Waals surface area contributed by atoms with E-state index in [4.69, 9.17) is 20.6 Å². The number of methoxy groups -OCH3 is 1. The maximum Gasteiger partial charge on any atom is 0.392 e. The van der Waals surface area contributed by atoms with Gasteiger partial charge < -0.3 is 15.2 Å². The molecule has 0 atom stereocenters. The van der Waals surface area contributed by atoms with Gasteiger partial charge >= 0.3 is 6.18 Å². The molecule has 0 saturated heterocycles.